The van der Waals surface area contributed by atoms with Gasteiger partial charge in [0.2, 0.25) is 10.0 Å². The molecule has 3 atom stereocenters. The standard InChI is InChI=1S/C16H22N2O4S/c19-23(20,14-4-5-14)18-9-7-16-15(18)6-3-13(22-16)11-21-12-2-1-8-17-10-12/h1-2,8,10,13-16H,3-7,9,11H2/t13-,15+,16+/m1/s1. The maximum absolute atomic E-state index is 12.5. The van der Waals surface area contributed by atoms with Crippen molar-refractivity contribution >= 4 is 10.0 Å². The van der Waals surface area contributed by atoms with E-state index in [2.05, 4.69) is 4.98 Å². The molecule has 0 unspecified atom stereocenters. The van der Waals surface area contributed by atoms with Crippen LogP contribution in [-0.4, -0.2) is 54.4 Å². The van der Waals surface area contributed by atoms with Crippen molar-refractivity contribution < 1.29 is 17.9 Å². The van der Waals surface area contributed by atoms with E-state index in [4.69, 9.17) is 9.47 Å². The fourth-order valence-corrected chi connectivity index (χ4v) is 5.67. The first-order chi connectivity index (χ1) is 11.1. The highest BCUT2D eigenvalue weighted by atomic mass is 32.2. The third-order valence-corrected chi connectivity index (χ3v) is 7.35. The minimum absolute atomic E-state index is 0.0137. The van der Waals surface area contributed by atoms with Crippen molar-refractivity contribution in [3.05, 3.63) is 24.5 Å². The Balaban J connectivity index is 1.34. The molecule has 1 aromatic heterocycles. The van der Waals surface area contributed by atoms with Crippen molar-refractivity contribution in [3.63, 3.8) is 0 Å². The Morgan fingerprint density at radius 2 is 2.13 bits per heavy atom. The van der Waals surface area contributed by atoms with Gasteiger partial charge in [0.1, 0.15) is 12.4 Å². The summed E-state index contributed by atoms with van der Waals surface area (Å²) in [6, 6.07) is 3.73. The van der Waals surface area contributed by atoms with E-state index in [1.165, 1.54) is 0 Å². The van der Waals surface area contributed by atoms with Crippen LogP contribution in [0.3, 0.4) is 0 Å². The molecule has 0 spiro atoms. The van der Waals surface area contributed by atoms with Gasteiger partial charge < -0.3 is 9.47 Å². The first-order valence-corrected chi connectivity index (χ1v) is 9.84. The normalized spacial score (nSPS) is 31.7. The molecule has 0 amide bonds. The summed E-state index contributed by atoms with van der Waals surface area (Å²) < 4.78 is 38.5. The van der Waals surface area contributed by atoms with Gasteiger partial charge in [-0.1, -0.05) is 0 Å². The Labute approximate surface area is 136 Å². The Morgan fingerprint density at radius 3 is 2.87 bits per heavy atom. The summed E-state index contributed by atoms with van der Waals surface area (Å²) in [4.78, 5) is 4.02. The first kappa shape index (κ1) is 15.4. The van der Waals surface area contributed by atoms with Crippen LogP contribution in [0.15, 0.2) is 24.5 Å². The van der Waals surface area contributed by atoms with Gasteiger partial charge in [-0.3, -0.25) is 4.98 Å². The van der Waals surface area contributed by atoms with Crippen LogP contribution < -0.4 is 4.74 Å². The van der Waals surface area contributed by atoms with Crippen molar-refractivity contribution in [2.75, 3.05) is 13.2 Å². The number of nitrogens with zero attached hydrogens (tertiary/aromatic N) is 2. The largest absolute Gasteiger partial charge is 0.489 e. The Kier molecular flexibility index (Phi) is 4.03. The summed E-state index contributed by atoms with van der Waals surface area (Å²) in [6.07, 6.45) is 7.56. The molecule has 23 heavy (non-hydrogen) atoms. The fraction of sp³-hybridized carbons (Fsp3) is 0.688. The van der Waals surface area contributed by atoms with Crippen molar-refractivity contribution in [1.29, 1.82) is 0 Å². The van der Waals surface area contributed by atoms with Gasteiger partial charge >= 0.3 is 0 Å². The lowest BCUT2D eigenvalue weighted by molar-refractivity contribution is -0.0767. The van der Waals surface area contributed by atoms with E-state index >= 15 is 0 Å². The Bertz CT molecular complexity index is 647. The molecule has 4 rings (SSSR count). The predicted molar refractivity (Wildman–Crippen MR) is 84.7 cm³/mol. The molecule has 2 aliphatic heterocycles. The van der Waals surface area contributed by atoms with E-state index in [1.807, 2.05) is 12.1 Å². The molecule has 3 aliphatic rings. The third-order valence-electron chi connectivity index (χ3n) is 4.93. The smallest absolute Gasteiger partial charge is 0.217 e. The topological polar surface area (TPSA) is 68.7 Å². The molecule has 0 bridgehead atoms. The van der Waals surface area contributed by atoms with E-state index in [9.17, 15) is 8.42 Å². The molecule has 2 saturated heterocycles. The minimum Gasteiger partial charge on any atom is -0.489 e. The zero-order chi connectivity index (χ0) is 15.9. The molecule has 7 heteroatoms. The van der Waals surface area contributed by atoms with Crippen molar-refractivity contribution in [1.82, 2.24) is 9.29 Å². The molecule has 126 valence electrons. The molecule has 3 fully saturated rings. The first-order valence-electron chi connectivity index (χ1n) is 8.33. The summed E-state index contributed by atoms with van der Waals surface area (Å²) in [5.74, 6) is 0.739. The van der Waals surface area contributed by atoms with Crippen LogP contribution in [-0.2, 0) is 14.8 Å². The third kappa shape index (κ3) is 3.09. The van der Waals surface area contributed by atoms with E-state index < -0.39 is 10.0 Å². The Morgan fingerprint density at radius 1 is 1.26 bits per heavy atom. The summed E-state index contributed by atoms with van der Waals surface area (Å²) in [7, 11) is -3.09. The van der Waals surface area contributed by atoms with Crippen molar-refractivity contribution in [3.8, 4) is 5.75 Å². The number of aromatic nitrogens is 1. The van der Waals surface area contributed by atoms with Crippen LogP contribution in [0, 0.1) is 0 Å². The van der Waals surface area contributed by atoms with Crippen LogP contribution in [0.5, 0.6) is 5.75 Å². The number of hydrogen-bond donors (Lipinski definition) is 0. The molecule has 6 nitrogen and oxygen atoms in total. The van der Waals surface area contributed by atoms with Gasteiger partial charge in [0.25, 0.3) is 0 Å². The summed E-state index contributed by atoms with van der Waals surface area (Å²) in [5, 5.41) is -0.132. The molecule has 1 aliphatic carbocycles. The highest BCUT2D eigenvalue weighted by Crippen LogP contribution is 2.39. The van der Waals surface area contributed by atoms with Gasteiger partial charge in [0.15, 0.2) is 0 Å². The molecule has 0 radical (unpaired) electrons. The van der Waals surface area contributed by atoms with E-state index in [0.29, 0.717) is 13.2 Å². The van der Waals surface area contributed by atoms with Crippen molar-refractivity contribution in [2.45, 2.75) is 55.6 Å². The van der Waals surface area contributed by atoms with Gasteiger partial charge in [-0.2, -0.15) is 4.31 Å². The van der Waals surface area contributed by atoms with E-state index in [1.54, 1.807) is 16.7 Å². The zero-order valence-electron chi connectivity index (χ0n) is 13.0. The van der Waals surface area contributed by atoms with Crippen LogP contribution in [0.2, 0.25) is 0 Å². The molecular formula is C16H22N2O4S. The van der Waals surface area contributed by atoms with Gasteiger partial charge in [-0.15, -0.1) is 0 Å². The monoisotopic (exact) mass is 338 g/mol. The summed E-state index contributed by atoms with van der Waals surface area (Å²) in [6.45, 7) is 1.09. The number of pyridine rings is 1. The summed E-state index contributed by atoms with van der Waals surface area (Å²) in [5.41, 5.74) is 0. The van der Waals surface area contributed by atoms with Gasteiger partial charge in [0, 0.05) is 12.7 Å². The zero-order valence-corrected chi connectivity index (χ0v) is 13.8. The van der Waals surface area contributed by atoms with Crippen LogP contribution >= 0.6 is 0 Å². The number of rotatable bonds is 5. The highest BCUT2D eigenvalue weighted by molar-refractivity contribution is 7.90. The van der Waals surface area contributed by atoms with Gasteiger partial charge in [-0.05, 0) is 44.2 Å². The summed E-state index contributed by atoms with van der Waals surface area (Å²) >= 11 is 0. The lowest BCUT2D eigenvalue weighted by Crippen LogP contribution is -2.47. The number of sulfonamides is 1. The van der Waals surface area contributed by atoms with Crippen LogP contribution in [0.25, 0.3) is 0 Å². The average Bonchev–Trinajstić information content (AvgIpc) is 3.34. The molecule has 3 heterocycles. The minimum atomic E-state index is -3.09. The maximum Gasteiger partial charge on any atom is 0.217 e. The number of hydrogen-bond acceptors (Lipinski definition) is 5. The van der Waals surface area contributed by atoms with Crippen LogP contribution in [0.4, 0.5) is 0 Å². The van der Waals surface area contributed by atoms with Crippen molar-refractivity contribution in [2.24, 2.45) is 0 Å². The lowest BCUT2D eigenvalue weighted by Gasteiger charge is -2.35. The van der Waals surface area contributed by atoms with Crippen LogP contribution in [0.1, 0.15) is 32.1 Å². The number of ether oxygens (including phenoxy) is 2. The highest BCUT2D eigenvalue weighted by Gasteiger charge is 2.49. The molecule has 0 aromatic carbocycles. The SMILES string of the molecule is O=S(=O)(C1CC1)N1CC[C@@H]2O[C@@H](COc3cccnc3)CC[C@@H]21. The van der Waals surface area contributed by atoms with Gasteiger partial charge in [0.05, 0.1) is 29.7 Å². The van der Waals surface area contributed by atoms with Gasteiger partial charge in [-0.25, -0.2) is 8.42 Å². The second-order valence-corrected chi connectivity index (χ2v) is 8.75. The second kappa shape index (κ2) is 6.03. The molecule has 0 N–H and O–H groups in total. The molecule has 1 aromatic rings. The quantitative estimate of drug-likeness (QED) is 0.815. The average molecular weight is 338 g/mol. The Hall–Kier alpha value is -1.18. The van der Waals surface area contributed by atoms with E-state index in [0.717, 1.165) is 37.9 Å². The molecule has 1 saturated carbocycles. The predicted octanol–water partition coefficient (Wildman–Crippen LogP) is 1.57. The van der Waals surface area contributed by atoms with E-state index in [-0.39, 0.29) is 23.5 Å². The second-order valence-electron chi connectivity index (χ2n) is 6.58. The maximum atomic E-state index is 12.5. The lowest BCUT2D eigenvalue weighted by atomic mass is 10.0. The fourth-order valence-electron chi connectivity index (χ4n) is 3.58. The molecular weight excluding hydrogens is 316 g/mol. The number of fused-ring (bicyclic) bond motifs is 1.